The van der Waals surface area contributed by atoms with Gasteiger partial charge in [0, 0.05) is 10.7 Å². The maximum absolute atomic E-state index is 13.2. The molecule has 5 aliphatic rings. The van der Waals surface area contributed by atoms with E-state index in [1.165, 1.54) is 24.3 Å². The van der Waals surface area contributed by atoms with Crippen molar-refractivity contribution in [1.29, 1.82) is 0 Å². The first-order chi connectivity index (χ1) is 13.7. The summed E-state index contributed by atoms with van der Waals surface area (Å²) in [6.07, 6.45) is -0.210. The largest absolute Gasteiger partial charge is 0.471 e. The van der Waals surface area contributed by atoms with Gasteiger partial charge in [-0.3, -0.25) is 24.2 Å². The Morgan fingerprint density at radius 3 is 2.03 bits per heavy atom. The number of halogens is 4. The molecule has 1 heterocycles. The first-order valence-corrected chi connectivity index (χ1v) is 9.74. The number of benzene rings is 1. The van der Waals surface area contributed by atoms with Crippen LogP contribution in [-0.4, -0.2) is 35.5 Å². The molecule has 0 radical (unpaired) electrons. The number of amides is 3. The van der Waals surface area contributed by atoms with Gasteiger partial charge in [0.1, 0.15) is 6.67 Å². The molecule has 5 nitrogen and oxygen atoms in total. The van der Waals surface area contributed by atoms with Crippen LogP contribution in [-0.2, 0) is 14.4 Å². The van der Waals surface area contributed by atoms with Gasteiger partial charge in [-0.15, -0.1) is 0 Å². The molecule has 6 rings (SSSR count). The fraction of sp³-hybridized carbons (Fsp3) is 0.450. The number of hydrogen-bond acceptors (Lipinski definition) is 3. The van der Waals surface area contributed by atoms with Crippen molar-refractivity contribution in [2.24, 2.45) is 35.5 Å². The quantitative estimate of drug-likeness (QED) is 0.553. The predicted octanol–water partition coefficient (Wildman–Crippen LogP) is 3.25. The van der Waals surface area contributed by atoms with Crippen molar-refractivity contribution in [3.05, 3.63) is 41.4 Å². The van der Waals surface area contributed by atoms with Crippen molar-refractivity contribution >= 4 is 35.0 Å². The van der Waals surface area contributed by atoms with Crippen molar-refractivity contribution in [2.75, 3.05) is 11.6 Å². The molecule has 2 saturated carbocycles. The monoisotopic (exact) mass is 424 g/mol. The summed E-state index contributed by atoms with van der Waals surface area (Å²) >= 11 is 5.79. The summed E-state index contributed by atoms with van der Waals surface area (Å²) in [5.74, 6) is -3.50. The Hall–Kier alpha value is -2.35. The number of carbonyl (C=O) groups excluding carboxylic acids is 3. The third-order valence-corrected chi connectivity index (χ3v) is 6.91. The average molecular weight is 425 g/mol. The topological polar surface area (TPSA) is 57.7 Å². The molecule has 29 heavy (non-hydrogen) atoms. The number of allylic oxidation sites excluding steroid dienone is 2. The second-order valence-electron chi connectivity index (χ2n) is 8.11. The molecule has 152 valence electrons. The third kappa shape index (κ3) is 2.72. The molecule has 0 spiro atoms. The zero-order valence-electron chi connectivity index (χ0n) is 15.0. The molecule has 6 atom stereocenters. The smallest absolute Gasteiger partial charge is 0.286 e. The van der Waals surface area contributed by atoms with E-state index in [-0.39, 0.29) is 22.5 Å². The van der Waals surface area contributed by atoms with Crippen molar-refractivity contribution in [2.45, 2.75) is 12.6 Å². The van der Waals surface area contributed by atoms with E-state index in [9.17, 15) is 27.6 Å². The lowest BCUT2D eigenvalue weighted by atomic mass is 9.63. The minimum Gasteiger partial charge on any atom is -0.286 e. The van der Waals surface area contributed by atoms with Gasteiger partial charge in [-0.2, -0.15) is 13.2 Å². The van der Waals surface area contributed by atoms with Crippen LogP contribution in [0.25, 0.3) is 0 Å². The van der Waals surface area contributed by atoms with E-state index < -0.39 is 42.4 Å². The van der Waals surface area contributed by atoms with Crippen LogP contribution in [0.3, 0.4) is 0 Å². The number of likely N-dealkylation sites (tertiary alicyclic amines) is 1. The van der Waals surface area contributed by atoms with Gasteiger partial charge in [0.15, 0.2) is 0 Å². The zero-order chi connectivity index (χ0) is 20.7. The van der Waals surface area contributed by atoms with Crippen molar-refractivity contribution in [3.63, 3.8) is 0 Å². The van der Waals surface area contributed by atoms with E-state index in [0.29, 0.717) is 16.7 Å². The third-order valence-electron chi connectivity index (χ3n) is 6.66. The lowest BCUT2D eigenvalue weighted by Crippen LogP contribution is -2.49. The molecule has 1 aromatic rings. The molecule has 2 bridgehead atoms. The van der Waals surface area contributed by atoms with Crippen molar-refractivity contribution < 1.29 is 27.6 Å². The minimum atomic E-state index is -5.15. The van der Waals surface area contributed by atoms with Crippen LogP contribution in [0.4, 0.5) is 18.9 Å². The average Bonchev–Trinajstić information content (AvgIpc) is 3.46. The highest BCUT2D eigenvalue weighted by Gasteiger charge is 2.67. The summed E-state index contributed by atoms with van der Waals surface area (Å²) in [6, 6.07) is 5.20. The summed E-state index contributed by atoms with van der Waals surface area (Å²) in [7, 11) is 0. The number of rotatable bonds is 3. The summed E-state index contributed by atoms with van der Waals surface area (Å²) in [5.41, 5.74) is -0.0869. The molecule has 9 heteroatoms. The highest BCUT2D eigenvalue weighted by atomic mass is 35.5. The van der Waals surface area contributed by atoms with Crippen LogP contribution in [0.15, 0.2) is 36.4 Å². The Morgan fingerprint density at radius 1 is 1.03 bits per heavy atom. The van der Waals surface area contributed by atoms with E-state index in [1.54, 1.807) is 0 Å². The molecule has 1 aliphatic heterocycles. The highest BCUT2D eigenvalue weighted by Crippen LogP contribution is 2.65. The molecule has 1 saturated heterocycles. The van der Waals surface area contributed by atoms with Crippen LogP contribution < -0.4 is 4.90 Å². The molecular formula is C20H16ClF3N2O3. The number of anilines is 1. The zero-order valence-corrected chi connectivity index (χ0v) is 15.7. The van der Waals surface area contributed by atoms with Crippen molar-refractivity contribution in [3.8, 4) is 0 Å². The first-order valence-electron chi connectivity index (χ1n) is 9.36. The normalized spacial score (nSPS) is 34.3. The second-order valence-corrected chi connectivity index (χ2v) is 8.54. The number of alkyl halides is 3. The number of carbonyl (C=O) groups is 3. The lowest BCUT2D eigenvalue weighted by molar-refractivity contribution is -0.171. The maximum atomic E-state index is 13.2. The Kier molecular flexibility index (Phi) is 3.91. The van der Waals surface area contributed by atoms with E-state index in [4.69, 9.17) is 11.6 Å². The SMILES string of the molecule is O=C1C2C3C=CC(C4CC34)C2C(=O)N1CN(C(=O)C(F)(F)F)c1ccc(Cl)cc1. The summed E-state index contributed by atoms with van der Waals surface area (Å²) < 4.78 is 39.6. The van der Waals surface area contributed by atoms with Gasteiger partial charge < -0.3 is 0 Å². The Balaban J connectivity index is 1.46. The molecule has 0 N–H and O–H groups in total. The standard InChI is InChI=1S/C20H16ClF3N2O3/c21-9-1-3-10(4-2-9)25(19(29)20(22,23)24)8-26-17(27)15-11-5-6-12(14-7-13(11)14)16(15)18(26)28/h1-6,11-16H,7-8H2. The van der Waals surface area contributed by atoms with Gasteiger partial charge in [0.25, 0.3) is 0 Å². The molecule has 4 aliphatic carbocycles. The lowest BCUT2D eigenvalue weighted by Gasteiger charge is -2.37. The number of hydrogen-bond donors (Lipinski definition) is 0. The Morgan fingerprint density at radius 2 is 1.55 bits per heavy atom. The molecule has 3 amide bonds. The summed E-state index contributed by atoms with van der Waals surface area (Å²) in [6.45, 7) is -0.764. The highest BCUT2D eigenvalue weighted by molar-refractivity contribution is 6.30. The van der Waals surface area contributed by atoms with Crippen LogP contribution in [0, 0.1) is 35.5 Å². The number of imide groups is 1. The van der Waals surface area contributed by atoms with Crippen LogP contribution >= 0.6 is 11.6 Å². The van der Waals surface area contributed by atoms with E-state index in [2.05, 4.69) is 0 Å². The van der Waals surface area contributed by atoms with Gasteiger partial charge in [-0.25, -0.2) is 0 Å². The Bertz CT molecular complexity index is 909. The Labute approximate surface area is 169 Å². The van der Waals surface area contributed by atoms with Gasteiger partial charge >= 0.3 is 12.1 Å². The van der Waals surface area contributed by atoms with Gasteiger partial charge in [0.2, 0.25) is 11.8 Å². The van der Waals surface area contributed by atoms with E-state index in [0.717, 1.165) is 11.3 Å². The summed E-state index contributed by atoms with van der Waals surface area (Å²) in [4.78, 5) is 39.4. The fourth-order valence-corrected chi connectivity index (χ4v) is 5.46. The number of nitrogens with zero attached hydrogens (tertiary/aromatic N) is 2. The molecule has 0 aromatic heterocycles. The van der Waals surface area contributed by atoms with Crippen LogP contribution in [0.2, 0.25) is 5.02 Å². The van der Waals surface area contributed by atoms with E-state index >= 15 is 0 Å². The maximum Gasteiger partial charge on any atom is 0.471 e. The first kappa shape index (κ1) is 18.7. The molecular weight excluding hydrogens is 409 g/mol. The van der Waals surface area contributed by atoms with Crippen LogP contribution in [0.5, 0.6) is 0 Å². The van der Waals surface area contributed by atoms with Gasteiger partial charge in [-0.1, -0.05) is 23.8 Å². The fourth-order valence-electron chi connectivity index (χ4n) is 5.34. The summed E-state index contributed by atoms with van der Waals surface area (Å²) in [5, 5.41) is 0.286. The van der Waals surface area contributed by atoms with Crippen molar-refractivity contribution in [1.82, 2.24) is 4.90 Å². The van der Waals surface area contributed by atoms with Gasteiger partial charge in [0.05, 0.1) is 11.8 Å². The minimum absolute atomic E-state index is 0.0428. The van der Waals surface area contributed by atoms with Crippen LogP contribution in [0.1, 0.15) is 6.42 Å². The molecule has 3 fully saturated rings. The van der Waals surface area contributed by atoms with Gasteiger partial charge in [-0.05, 0) is 54.4 Å². The molecule has 1 aromatic carbocycles. The predicted molar refractivity (Wildman–Crippen MR) is 96.4 cm³/mol. The second kappa shape index (κ2) is 6.08. The van der Waals surface area contributed by atoms with E-state index in [1.807, 2.05) is 12.2 Å². The molecule has 6 unspecified atom stereocenters.